The number of likely N-dealkylation sites (tertiary alicyclic amines) is 1. The van der Waals surface area contributed by atoms with Crippen LogP contribution in [0.4, 0.5) is 0 Å². The van der Waals surface area contributed by atoms with Crippen LogP contribution in [0, 0.1) is 5.92 Å². The number of nitrogens with zero attached hydrogens (tertiary/aromatic N) is 3. The lowest BCUT2D eigenvalue weighted by molar-refractivity contribution is -0.136. The number of aliphatic hydroxyl groups excluding tert-OH is 1. The fourth-order valence-electron chi connectivity index (χ4n) is 3.42. The van der Waals surface area contributed by atoms with Crippen molar-refractivity contribution in [2.75, 3.05) is 13.2 Å². The standard InChI is InChI=1S/C17H23N3O3/c1-12-7-8-13(11-21)9-19(12)16(22)10-20-15-6-4-3-5-14(15)18(2)17(20)23/h3-6,12-13,21H,7-11H2,1-2H3. The van der Waals surface area contributed by atoms with E-state index in [1.807, 2.05) is 31.2 Å². The summed E-state index contributed by atoms with van der Waals surface area (Å²) in [5, 5.41) is 9.36. The van der Waals surface area contributed by atoms with E-state index in [-0.39, 0.29) is 36.7 Å². The lowest BCUT2D eigenvalue weighted by Crippen LogP contribution is -2.48. The third-order valence-corrected chi connectivity index (χ3v) is 4.90. The smallest absolute Gasteiger partial charge is 0.329 e. The second-order valence-electron chi connectivity index (χ2n) is 6.44. The molecular weight excluding hydrogens is 294 g/mol. The van der Waals surface area contributed by atoms with E-state index >= 15 is 0 Å². The number of hydrogen-bond donors (Lipinski definition) is 1. The van der Waals surface area contributed by atoms with Crippen molar-refractivity contribution in [3.05, 3.63) is 34.7 Å². The largest absolute Gasteiger partial charge is 0.396 e. The average Bonchev–Trinajstić information content (AvgIpc) is 2.80. The summed E-state index contributed by atoms with van der Waals surface area (Å²) in [5.41, 5.74) is 1.42. The van der Waals surface area contributed by atoms with Crippen molar-refractivity contribution in [1.29, 1.82) is 0 Å². The Kier molecular flexibility index (Phi) is 4.26. The monoisotopic (exact) mass is 317 g/mol. The molecule has 1 aliphatic heterocycles. The summed E-state index contributed by atoms with van der Waals surface area (Å²) in [7, 11) is 1.72. The molecule has 6 nitrogen and oxygen atoms in total. The molecule has 1 N–H and O–H groups in total. The van der Waals surface area contributed by atoms with Gasteiger partial charge in [0.2, 0.25) is 5.91 Å². The van der Waals surface area contributed by atoms with Gasteiger partial charge in [0.15, 0.2) is 0 Å². The number of carbonyl (C=O) groups excluding carboxylic acids is 1. The van der Waals surface area contributed by atoms with E-state index in [1.54, 1.807) is 16.5 Å². The molecule has 0 bridgehead atoms. The normalized spacial score (nSPS) is 21.8. The molecule has 3 rings (SSSR count). The first kappa shape index (κ1) is 15.8. The highest BCUT2D eigenvalue weighted by Crippen LogP contribution is 2.22. The number of amides is 1. The first-order valence-corrected chi connectivity index (χ1v) is 8.07. The predicted octanol–water partition coefficient (Wildman–Crippen LogP) is 0.959. The van der Waals surface area contributed by atoms with Gasteiger partial charge >= 0.3 is 5.69 Å². The van der Waals surface area contributed by atoms with Gasteiger partial charge in [-0.3, -0.25) is 13.9 Å². The maximum atomic E-state index is 12.7. The van der Waals surface area contributed by atoms with Crippen molar-refractivity contribution in [2.45, 2.75) is 32.4 Å². The summed E-state index contributed by atoms with van der Waals surface area (Å²) >= 11 is 0. The summed E-state index contributed by atoms with van der Waals surface area (Å²) in [6.45, 7) is 2.74. The number of carbonyl (C=O) groups is 1. The Morgan fingerprint density at radius 2 is 1.96 bits per heavy atom. The zero-order valence-electron chi connectivity index (χ0n) is 13.6. The Bertz CT molecular complexity index is 777. The van der Waals surface area contributed by atoms with Gasteiger partial charge in [-0.25, -0.2) is 4.79 Å². The van der Waals surface area contributed by atoms with Crippen LogP contribution in [0.2, 0.25) is 0 Å². The summed E-state index contributed by atoms with van der Waals surface area (Å²) in [5.74, 6) is 0.0773. The number of imidazole rings is 1. The number of aliphatic hydroxyl groups is 1. The number of fused-ring (bicyclic) bond motifs is 1. The highest BCUT2D eigenvalue weighted by molar-refractivity contribution is 5.81. The third-order valence-electron chi connectivity index (χ3n) is 4.90. The Morgan fingerprint density at radius 1 is 1.26 bits per heavy atom. The number of piperidine rings is 1. The molecule has 1 aromatic heterocycles. The van der Waals surface area contributed by atoms with E-state index in [0.29, 0.717) is 6.54 Å². The lowest BCUT2D eigenvalue weighted by Gasteiger charge is -2.37. The third kappa shape index (κ3) is 2.79. The van der Waals surface area contributed by atoms with Crippen molar-refractivity contribution in [3.63, 3.8) is 0 Å². The van der Waals surface area contributed by atoms with Gasteiger partial charge in [0, 0.05) is 26.2 Å². The van der Waals surface area contributed by atoms with E-state index in [0.717, 1.165) is 23.9 Å². The van der Waals surface area contributed by atoms with Gasteiger partial charge in [0.1, 0.15) is 6.54 Å². The number of hydrogen-bond acceptors (Lipinski definition) is 3. The first-order valence-electron chi connectivity index (χ1n) is 8.07. The molecular formula is C17H23N3O3. The minimum Gasteiger partial charge on any atom is -0.396 e. The molecule has 1 aliphatic rings. The molecule has 0 radical (unpaired) electrons. The van der Waals surface area contributed by atoms with Crippen molar-refractivity contribution in [2.24, 2.45) is 13.0 Å². The van der Waals surface area contributed by atoms with Gasteiger partial charge in [-0.15, -0.1) is 0 Å². The molecule has 1 aromatic carbocycles. The van der Waals surface area contributed by atoms with E-state index in [2.05, 4.69) is 0 Å². The van der Waals surface area contributed by atoms with E-state index in [1.165, 1.54) is 4.57 Å². The molecule has 124 valence electrons. The molecule has 0 saturated carbocycles. The highest BCUT2D eigenvalue weighted by Gasteiger charge is 2.29. The maximum Gasteiger partial charge on any atom is 0.329 e. The second-order valence-corrected chi connectivity index (χ2v) is 6.44. The fourth-order valence-corrected chi connectivity index (χ4v) is 3.42. The number of aromatic nitrogens is 2. The second kappa shape index (κ2) is 6.20. The zero-order chi connectivity index (χ0) is 16.6. The van der Waals surface area contributed by atoms with Crippen LogP contribution in [0.1, 0.15) is 19.8 Å². The van der Waals surface area contributed by atoms with Crippen molar-refractivity contribution in [1.82, 2.24) is 14.0 Å². The highest BCUT2D eigenvalue weighted by atomic mass is 16.3. The van der Waals surface area contributed by atoms with Crippen molar-refractivity contribution in [3.8, 4) is 0 Å². The SMILES string of the molecule is CC1CCC(CO)CN1C(=O)Cn1c(=O)n(C)c2ccccc21. The van der Waals surface area contributed by atoms with Gasteiger partial charge in [-0.1, -0.05) is 12.1 Å². The van der Waals surface area contributed by atoms with Gasteiger partial charge in [-0.05, 0) is 37.8 Å². The quantitative estimate of drug-likeness (QED) is 0.917. The number of rotatable bonds is 3. The minimum atomic E-state index is -0.178. The Balaban J connectivity index is 1.88. The molecule has 2 atom stereocenters. The Morgan fingerprint density at radius 3 is 2.65 bits per heavy atom. The van der Waals surface area contributed by atoms with Crippen LogP contribution in [0.15, 0.2) is 29.1 Å². The van der Waals surface area contributed by atoms with Crippen LogP contribution in [0.3, 0.4) is 0 Å². The van der Waals surface area contributed by atoms with Crippen LogP contribution in [0.25, 0.3) is 11.0 Å². The van der Waals surface area contributed by atoms with E-state index in [9.17, 15) is 14.7 Å². The summed E-state index contributed by atoms with van der Waals surface area (Å²) in [6.07, 6.45) is 1.83. The van der Waals surface area contributed by atoms with E-state index < -0.39 is 0 Å². The average molecular weight is 317 g/mol. The van der Waals surface area contributed by atoms with Crippen LogP contribution in [-0.4, -0.2) is 44.2 Å². The summed E-state index contributed by atoms with van der Waals surface area (Å²) < 4.78 is 3.10. The molecule has 23 heavy (non-hydrogen) atoms. The molecule has 1 fully saturated rings. The predicted molar refractivity (Wildman–Crippen MR) is 88.2 cm³/mol. The summed E-state index contributed by atoms with van der Waals surface area (Å²) in [4.78, 5) is 26.9. The number of benzene rings is 1. The van der Waals surface area contributed by atoms with Crippen LogP contribution in [0.5, 0.6) is 0 Å². The summed E-state index contributed by atoms with van der Waals surface area (Å²) in [6, 6.07) is 7.64. The first-order chi connectivity index (χ1) is 11.0. The Labute approximate surface area is 134 Å². The number of aryl methyl sites for hydroxylation is 1. The van der Waals surface area contributed by atoms with Crippen molar-refractivity contribution >= 4 is 16.9 Å². The molecule has 0 aliphatic carbocycles. The molecule has 2 heterocycles. The van der Waals surface area contributed by atoms with Crippen LogP contribution < -0.4 is 5.69 Å². The van der Waals surface area contributed by atoms with E-state index in [4.69, 9.17) is 0 Å². The molecule has 1 saturated heterocycles. The molecule has 1 amide bonds. The Hall–Kier alpha value is -2.08. The van der Waals surface area contributed by atoms with Gasteiger partial charge in [-0.2, -0.15) is 0 Å². The van der Waals surface area contributed by atoms with Gasteiger partial charge in [0.05, 0.1) is 11.0 Å². The minimum absolute atomic E-state index is 0.0443. The lowest BCUT2D eigenvalue weighted by atomic mass is 9.94. The van der Waals surface area contributed by atoms with Crippen molar-refractivity contribution < 1.29 is 9.90 Å². The fraction of sp³-hybridized carbons (Fsp3) is 0.529. The van der Waals surface area contributed by atoms with Gasteiger partial charge < -0.3 is 10.0 Å². The zero-order valence-corrected chi connectivity index (χ0v) is 13.6. The topological polar surface area (TPSA) is 67.5 Å². The van der Waals surface area contributed by atoms with Crippen LogP contribution >= 0.6 is 0 Å². The van der Waals surface area contributed by atoms with Crippen LogP contribution in [-0.2, 0) is 18.4 Å². The molecule has 2 unspecified atom stereocenters. The van der Waals surface area contributed by atoms with Gasteiger partial charge in [0.25, 0.3) is 0 Å². The molecule has 6 heteroatoms. The molecule has 0 spiro atoms. The maximum absolute atomic E-state index is 12.7. The molecule has 2 aromatic rings. The number of para-hydroxylation sites is 2.